The number of benzene rings is 1. The lowest BCUT2D eigenvalue weighted by Gasteiger charge is -2.39. The number of halogens is 3. The first-order valence-corrected chi connectivity index (χ1v) is 16.5. The zero-order valence-electron chi connectivity index (χ0n) is 24.8. The zero-order chi connectivity index (χ0) is 30.0. The number of ether oxygens (including phenoxy) is 1. The van der Waals surface area contributed by atoms with Gasteiger partial charge >= 0.3 is 6.01 Å². The molecule has 11 heteroatoms. The molecule has 0 radical (unpaired) electrons. The van der Waals surface area contributed by atoms with Crippen LogP contribution in [-0.2, 0) is 11.2 Å². The molecule has 0 N–H and O–H groups in total. The van der Waals surface area contributed by atoms with Gasteiger partial charge in [-0.05, 0) is 69.0 Å². The van der Waals surface area contributed by atoms with Gasteiger partial charge in [0, 0.05) is 55.8 Å². The molecular weight excluding hydrogens is 586 g/mol. The Morgan fingerprint density at radius 2 is 1.93 bits per heavy atom. The van der Waals surface area contributed by atoms with E-state index in [9.17, 15) is 9.18 Å². The van der Waals surface area contributed by atoms with Crippen molar-refractivity contribution in [2.75, 3.05) is 44.2 Å². The van der Waals surface area contributed by atoms with Crippen LogP contribution in [0, 0.1) is 11.7 Å². The van der Waals surface area contributed by atoms with Crippen LogP contribution in [0.5, 0.6) is 6.01 Å². The SMILES string of the molecule is O=C1CCCCc2c(Cl)cccc2-c2ncc3c(nc(OC[C@@]45CCCN4C[C@H](F)C5)nc3c2F)N2CC[C@H]3CCN1[C@H]3C2. The summed E-state index contributed by atoms with van der Waals surface area (Å²) < 4.78 is 37.4. The smallest absolute Gasteiger partial charge is 0.319 e. The van der Waals surface area contributed by atoms with Crippen molar-refractivity contribution in [2.45, 2.75) is 75.5 Å². The molecule has 9 rings (SSSR count). The van der Waals surface area contributed by atoms with Gasteiger partial charge < -0.3 is 14.5 Å². The molecule has 4 atom stereocenters. The number of anilines is 1. The van der Waals surface area contributed by atoms with Crippen molar-refractivity contribution in [2.24, 2.45) is 5.92 Å². The molecule has 4 fully saturated rings. The van der Waals surface area contributed by atoms with Gasteiger partial charge in [-0.2, -0.15) is 9.97 Å². The van der Waals surface area contributed by atoms with E-state index in [4.69, 9.17) is 21.3 Å². The van der Waals surface area contributed by atoms with E-state index in [2.05, 4.69) is 24.7 Å². The fraction of sp³-hybridized carbons (Fsp3) is 0.576. The number of fused-ring (bicyclic) bond motifs is 6. The molecule has 0 saturated carbocycles. The molecule has 2 aromatic heterocycles. The van der Waals surface area contributed by atoms with Crippen LogP contribution in [0.4, 0.5) is 14.6 Å². The van der Waals surface area contributed by atoms with E-state index in [0.29, 0.717) is 60.1 Å². The van der Waals surface area contributed by atoms with Gasteiger partial charge in [-0.25, -0.2) is 8.78 Å². The van der Waals surface area contributed by atoms with Gasteiger partial charge in [-0.3, -0.25) is 14.7 Å². The largest absolute Gasteiger partial charge is 0.461 e. The normalized spacial score (nSPS) is 28.7. The van der Waals surface area contributed by atoms with E-state index < -0.39 is 12.0 Å². The third-order valence-electron chi connectivity index (χ3n) is 10.8. The Balaban J connectivity index is 1.25. The highest BCUT2D eigenvalue weighted by Gasteiger charge is 2.49. The summed E-state index contributed by atoms with van der Waals surface area (Å²) in [5.74, 6) is 0.662. The number of amides is 1. The molecule has 0 spiro atoms. The molecule has 6 aliphatic heterocycles. The Morgan fingerprint density at radius 3 is 2.84 bits per heavy atom. The minimum absolute atomic E-state index is 0.0803. The number of nitrogens with zero attached hydrogens (tertiary/aromatic N) is 6. The number of piperidine rings is 1. The Kier molecular flexibility index (Phi) is 7.12. The van der Waals surface area contributed by atoms with Crippen molar-refractivity contribution < 1.29 is 18.3 Å². The molecule has 1 amide bonds. The maximum atomic E-state index is 16.7. The summed E-state index contributed by atoms with van der Waals surface area (Å²) in [4.78, 5) is 34.0. The van der Waals surface area contributed by atoms with Crippen molar-refractivity contribution in [1.29, 1.82) is 0 Å². The average molecular weight is 623 g/mol. The topological polar surface area (TPSA) is 74.7 Å². The van der Waals surface area contributed by atoms with Crippen molar-refractivity contribution in [3.8, 4) is 17.3 Å². The second kappa shape index (κ2) is 11.1. The Labute approximate surface area is 260 Å². The lowest BCUT2D eigenvalue weighted by molar-refractivity contribution is -0.132. The summed E-state index contributed by atoms with van der Waals surface area (Å²) >= 11 is 6.67. The van der Waals surface area contributed by atoms with E-state index in [1.54, 1.807) is 12.3 Å². The third-order valence-corrected chi connectivity index (χ3v) is 11.2. The molecule has 232 valence electrons. The molecule has 44 heavy (non-hydrogen) atoms. The number of carbonyl (C=O) groups is 1. The fourth-order valence-electron chi connectivity index (χ4n) is 8.56. The van der Waals surface area contributed by atoms with Crippen LogP contribution in [-0.4, -0.2) is 87.7 Å². The van der Waals surface area contributed by atoms with Gasteiger partial charge in [0.2, 0.25) is 5.91 Å². The predicted octanol–water partition coefficient (Wildman–Crippen LogP) is 5.59. The second-order valence-electron chi connectivity index (χ2n) is 13.3. The van der Waals surface area contributed by atoms with Gasteiger partial charge in [0.25, 0.3) is 0 Å². The molecular formula is C33H37ClF2N6O2. The molecule has 0 aliphatic carbocycles. The molecule has 8 nitrogen and oxygen atoms in total. The average Bonchev–Trinajstić information content (AvgIpc) is 3.70. The quantitative estimate of drug-likeness (QED) is 0.377. The molecule has 4 saturated heterocycles. The molecule has 6 bridgehead atoms. The predicted molar refractivity (Wildman–Crippen MR) is 164 cm³/mol. The first-order chi connectivity index (χ1) is 21.4. The minimum atomic E-state index is -0.879. The van der Waals surface area contributed by atoms with Crippen LogP contribution in [0.25, 0.3) is 22.2 Å². The van der Waals surface area contributed by atoms with Crippen LogP contribution >= 0.6 is 11.6 Å². The Hall–Kier alpha value is -3.11. The van der Waals surface area contributed by atoms with Crippen molar-refractivity contribution in [3.63, 3.8) is 0 Å². The van der Waals surface area contributed by atoms with Gasteiger partial charge in [0.1, 0.15) is 29.8 Å². The van der Waals surface area contributed by atoms with Crippen LogP contribution in [0.2, 0.25) is 5.02 Å². The van der Waals surface area contributed by atoms with Crippen molar-refractivity contribution >= 4 is 34.2 Å². The van der Waals surface area contributed by atoms with Gasteiger partial charge in [0.15, 0.2) is 5.82 Å². The van der Waals surface area contributed by atoms with E-state index in [-0.39, 0.29) is 41.3 Å². The molecule has 1 aromatic carbocycles. The molecule has 3 aromatic rings. The standard InChI is InChI=1S/C33H37ClF2N6O2/c34-25-7-3-6-23-22(25)5-1-2-8-27(43)42-14-10-20-9-13-40(18-26(20)42)31-24-16-37-29(23)28(36)30(24)38-32(39-31)44-19-33-11-4-12-41(33)17-21(35)15-33/h3,6-7,16,20-21,26H,1-2,4-5,8-15,17-19H2/t20-,21+,26-,33-/m0/s1. The second-order valence-corrected chi connectivity index (χ2v) is 13.7. The highest BCUT2D eigenvalue weighted by Crippen LogP contribution is 2.42. The number of hydrogen-bond donors (Lipinski definition) is 0. The number of aromatic nitrogens is 3. The van der Waals surface area contributed by atoms with Crippen molar-refractivity contribution in [1.82, 2.24) is 24.8 Å². The minimum Gasteiger partial charge on any atom is -0.461 e. The van der Waals surface area contributed by atoms with Gasteiger partial charge in [0.05, 0.1) is 17.0 Å². The summed E-state index contributed by atoms with van der Waals surface area (Å²) in [6.45, 7) is 3.64. The first kappa shape index (κ1) is 28.4. The number of pyridine rings is 1. The van der Waals surface area contributed by atoms with E-state index in [0.717, 1.165) is 63.7 Å². The van der Waals surface area contributed by atoms with Gasteiger partial charge in [-0.1, -0.05) is 23.7 Å². The van der Waals surface area contributed by atoms with E-state index in [1.807, 2.05) is 12.1 Å². The number of rotatable bonds is 3. The van der Waals surface area contributed by atoms with E-state index in [1.165, 1.54) is 0 Å². The lowest BCUT2D eigenvalue weighted by Crippen LogP contribution is -2.50. The summed E-state index contributed by atoms with van der Waals surface area (Å²) in [6, 6.07) is 5.62. The summed E-state index contributed by atoms with van der Waals surface area (Å²) in [6.07, 6.45) is 7.57. The van der Waals surface area contributed by atoms with Crippen LogP contribution < -0.4 is 9.64 Å². The monoisotopic (exact) mass is 622 g/mol. The van der Waals surface area contributed by atoms with E-state index >= 15 is 4.39 Å². The highest BCUT2D eigenvalue weighted by atomic mass is 35.5. The number of hydrogen-bond acceptors (Lipinski definition) is 7. The van der Waals surface area contributed by atoms with Gasteiger partial charge in [-0.15, -0.1) is 0 Å². The summed E-state index contributed by atoms with van der Waals surface area (Å²) in [5.41, 5.74) is 1.39. The summed E-state index contributed by atoms with van der Waals surface area (Å²) in [7, 11) is 0. The number of carbonyl (C=O) groups excluding carboxylic acids is 1. The van der Waals surface area contributed by atoms with Crippen LogP contribution in [0.15, 0.2) is 24.4 Å². The summed E-state index contributed by atoms with van der Waals surface area (Å²) in [5, 5.41) is 1.06. The number of alkyl halides is 1. The fourth-order valence-corrected chi connectivity index (χ4v) is 8.83. The Morgan fingerprint density at radius 1 is 1.07 bits per heavy atom. The highest BCUT2D eigenvalue weighted by molar-refractivity contribution is 6.31. The van der Waals surface area contributed by atoms with Crippen LogP contribution in [0.1, 0.15) is 56.9 Å². The third kappa shape index (κ3) is 4.71. The van der Waals surface area contributed by atoms with Crippen LogP contribution in [0.3, 0.4) is 0 Å². The maximum absolute atomic E-state index is 16.7. The molecule has 8 heterocycles. The molecule has 0 unspecified atom stereocenters. The molecule has 6 aliphatic rings. The Bertz CT molecular complexity index is 1620. The maximum Gasteiger partial charge on any atom is 0.319 e. The first-order valence-electron chi connectivity index (χ1n) is 16.1. The lowest BCUT2D eigenvalue weighted by atomic mass is 9.91. The van der Waals surface area contributed by atoms with Crippen molar-refractivity contribution in [3.05, 3.63) is 40.8 Å². The zero-order valence-corrected chi connectivity index (χ0v) is 25.5.